The second kappa shape index (κ2) is 9.08. The van der Waals surface area contributed by atoms with Crippen molar-refractivity contribution in [3.63, 3.8) is 0 Å². The number of hydrogen-bond acceptors (Lipinski definition) is 5. The second-order valence-corrected chi connectivity index (χ2v) is 9.74. The molecule has 0 aromatic carbocycles. The molecule has 2 saturated heterocycles. The molecule has 9 heteroatoms. The molecule has 2 amide bonds. The van der Waals surface area contributed by atoms with E-state index in [1.54, 1.807) is 0 Å². The molecule has 1 atom stereocenters. The number of thiophene rings is 1. The molecule has 2 aliphatic rings. The van der Waals surface area contributed by atoms with Crippen molar-refractivity contribution in [1.29, 1.82) is 0 Å². The number of nitrogens with zero attached hydrogens (tertiary/aromatic N) is 4. The third-order valence-corrected chi connectivity index (χ3v) is 7.99. The van der Waals surface area contributed by atoms with Gasteiger partial charge in [0.15, 0.2) is 0 Å². The molecule has 0 saturated carbocycles. The third-order valence-electron chi connectivity index (χ3n) is 6.80. The fraction of sp³-hybridized carbons (Fsp3) is 0.636. The lowest BCUT2D eigenvalue weighted by Gasteiger charge is -2.33. The number of fused-ring (bicyclic) bond motifs is 1. The number of amides is 2. The van der Waals surface area contributed by atoms with Crippen LogP contribution in [0.4, 0.5) is 0 Å². The first-order valence-electron chi connectivity index (χ1n) is 11.3. The van der Waals surface area contributed by atoms with Crippen LogP contribution in [0.5, 0.6) is 0 Å². The Bertz CT molecular complexity index is 1040. The van der Waals surface area contributed by atoms with Gasteiger partial charge in [0.2, 0.25) is 5.91 Å². The summed E-state index contributed by atoms with van der Waals surface area (Å²) in [6, 6.07) is 0.204. The molecule has 1 N–H and O–H groups in total. The molecule has 1 unspecified atom stereocenters. The van der Waals surface area contributed by atoms with Crippen LogP contribution in [0.1, 0.15) is 48.3 Å². The van der Waals surface area contributed by atoms with E-state index in [9.17, 15) is 14.4 Å². The predicted octanol–water partition coefficient (Wildman–Crippen LogP) is 0.528. The van der Waals surface area contributed by atoms with Gasteiger partial charge >= 0.3 is 0 Å². The number of hydrogen-bond donors (Lipinski definition) is 1. The Balaban J connectivity index is 1.57. The average molecular weight is 447 g/mol. The zero-order valence-corrected chi connectivity index (χ0v) is 19.5. The highest BCUT2D eigenvalue weighted by Crippen LogP contribution is 2.28. The van der Waals surface area contributed by atoms with Crippen LogP contribution in [-0.4, -0.2) is 76.5 Å². The van der Waals surface area contributed by atoms with Crippen LogP contribution >= 0.6 is 11.3 Å². The number of nitrogens with one attached hydrogen (secondary N) is 1. The van der Waals surface area contributed by atoms with Gasteiger partial charge in [0.25, 0.3) is 11.5 Å². The second-order valence-electron chi connectivity index (χ2n) is 8.74. The Kier molecular flexibility index (Phi) is 6.43. The number of carbonyl (C=O) groups is 2. The maximum Gasteiger partial charge on any atom is 0.264 e. The maximum absolute atomic E-state index is 13.2. The molecule has 8 nitrogen and oxygen atoms in total. The maximum atomic E-state index is 13.2. The van der Waals surface area contributed by atoms with Crippen molar-refractivity contribution in [2.45, 2.75) is 52.6 Å². The first kappa shape index (κ1) is 22.0. The minimum atomic E-state index is -0.240. The van der Waals surface area contributed by atoms with E-state index >= 15 is 0 Å². The van der Waals surface area contributed by atoms with Crippen molar-refractivity contribution in [3.05, 3.63) is 27.1 Å². The SMILES string of the molecule is CC[NH+]1CCN(C(=O)c2sc3ncn(CC(=O)N4CCCCC4C)c(=O)c3c2C)CC1. The quantitative estimate of drug-likeness (QED) is 0.743. The molecule has 0 spiro atoms. The Labute approximate surface area is 186 Å². The molecule has 31 heavy (non-hydrogen) atoms. The van der Waals surface area contributed by atoms with Gasteiger partial charge in [-0.2, -0.15) is 0 Å². The van der Waals surface area contributed by atoms with E-state index in [0.29, 0.717) is 20.7 Å². The summed E-state index contributed by atoms with van der Waals surface area (Å²) in [4.78, 5) is 50.0. The van der Waals surface area contributed by atoms with Crippen LogP contribution in [0.2, 0.25) is 0 Å². The van der Waals surface area contributed by atoms with Crippen molar-refractivity contribution >= 4 is 33.4 Å². The number of likely N-dealkylation sites (tertiary alicyclic amines) is 1. The fourth-order valence-corrected chi connectivity index (χ4v) is 5.81. The van der Waals surface area contributed by atoms with Gasteiger partial charge in [-0.15, -0.1) is 11.3 Å². The summed E-state index contributed by atoms with van der Waals surface area (Å²) in [7, 11) is 0. The summed E-state index contributed by atoms with van der Waals surface area (Å²) in [5.74, 6) is -0.0595. The normalized spacial score (nSPS) is 20.4. The number of piperazine rings is 1. The summed E-state index contributed by atoms with van der Waals surface area (Å²) < 4.78 is 1.39. The molecule has 2 aromatic rings. The van der Waals surface area contributed by atoms with E-state index in [1.807, 2.05) is 16.7 Å². The minimum Gasteiger partial charge on any atom is -0.338 e. The lowest BCUT2D eigenvalue weighted by atomic mass is 10.0. The molecule has 2 aromatic heterocycles. The molecule has 4 heterocycles. The lowest BCUT2D eigenvalue weighted by Crippen LogP contribution is -3.14. The van der Waals surface area contributed by atoms with Gasteiger partial charge in [-0.05, 0) is 45.6 Å². The Hall–Kier alpha value is -2.26. The number of aromatic nitrogens is 2. The largest absolute Gasteiger partial charge is 0.338 e. The topological polar surface area (TPSA) is 80.0 Å². The molecular formula is C22H32N5O3S+. The Morgan fingerprint density at radius 1 is 1.23 bits per heavy atom. The molecule has 2 fully saturated rings. The van der Waals surface area contributed by atoms with Gasteiger partial charge in [0.05, 0.1) is 49.3 Å². The molecule has 4 rings (SSSR count). The number of quaternary nitrogens is 1. The average Bonchev–Trinajstić information content (AvgIpc) is 3.12. The summed E-state index contributed by atoms with van der Waals surface area (Å²) in [5.41, 5.74) is 0.442. The van der Waals surface area contributed by atoms with Crippen molar-refractivity contribution in [1.82, 2.24) is 19.4 Å². The molecule has 0 radical (unpaired) electrons. The summed E-state index contributed by atoms with van der Waals surface area (Å²) in [6.07, 6.45) is 4.59. The van der Waals surface area contributed by atoms with E-state index in [2.05, 4.69) is 18.8 Å². The predicted molar refractivity (Wildman–Crippen MR) is 121 cm³/mol. The number of aryl methyl sites for hydroxylation is 1. The number of rotatable bonds is 4. The summed E-state index contributed by atoms with van der Waals surface area (Å²) >= 11 is 1.28. The van der Waals surface area contributed by atoms with Crippen molar-refractivity contribution in [3.8, 4) is 0 Å². The van der Waals surface area contributed by atoms with E-state index in [4.69, 9.17) is 0 Å². The van der Waals surface area contributed by atoms with Crippen LogP contribution < -0.4 is 10.5 Å². The van der Waals surface area contributed by atoms with Gasteiger partial charge in [-0.3, -0.25) is 19.0 Å². The van der Waals surface area contributed by atoms with Gasteiger partial charge in [-0.25, -0.2) is 4.98 Å². The fourth-order valence-electron chi connectivity index (χ4n) is 4.70. The van der Waals surface area contributed by atoms with Gasteiger partial charge < -0.3 is 14.7 Å². The first-order valence-corrected chi connectivity index (χ1v) is 12.1. The van der Waals surface area contributed by atoms with Crippen LogP contribution in [0.25, 0.3) is 10.2 Å². The Morgan fingerprint density at radius 2 is 1.97 bits per heavy atom. The van der Waals surface area contributed by atoms with Crippen LogP contribution in [0.3, 0.4) is 0 Å². The highest BCUT2D eigenvalue weighted by atomic mass is 32.1. The van der Waals surface area contributed by atoms with E-state index in [-0.39, 0.29) is 30.0 Å². The summed E-state index contributed by atoms with van der Waals surface area (Å²) in [6.45, 7) is 11.2. The van der Waals surface area contributed by atoms with Crippen molar-refractivity contribution in [2.75, 3.05) is 39.3 Å². The van der Waals surface area contributed by atoms with E-state index < -0.39 is 0 Å². The molecule has 2 aliphatic heterocycles. The van der Waals surface area contributed by atoms with Gasteiger partial charge in [-0.1, -0.05) is 0 Å². The molecule has 0 bridgehead atoms. The zero-order valence-electron chi connectivity index (χ0n) is 18.6. The molecular weight excluding hydrogens is 414 g/mol. The van der Waals surface area contributed by atoms with E-state index in [1.165, 1.54) is 27.1 Å². The zero-order chi connectivity index (χ0) is 22.1. The monoisotopic (exact) mass is 446 g/mol. The summed E-state index contributed by atoms with van der Waals surface area (Å²) in [5, 5.41) is 0.466. The van der Waals surface area contributed by atoms with Crippen LogP contribution in [0, 0.1) is 6.92 Å². The third kappa shape index (κ3) is 4.25. The van der Waals surface area contributed by atoms with E-state index in [0.717, 1.165) is 58.5 Å². The minimum absolute atomic E-state index is 0.00751. The molecule has 0 aliphatic carbocycles. The number of piperidine rings is 1. The standard InChI is InChI=1S/C22H31N5O3S/c1-4-24-9-11-25(12-10-24)22(30)19-16(3)18-20(31-19)23-14-26(21(18)29)13-17(28)27-8-6-5-7-15(27)2/h14-15H,4-13H2,1-3H3/p+1. The highest BCUT2D eigenvalue weighted by Gasteiger charge is 2.28. The van der Waals surface area contributed by atoms with Gasteiger partial charge in [0.1, 0.15) is 11.4 Å². The smallest absolute Gasteiger partial charge is 0.264 e. The number of carbonyl (C=O) groups excluding carboxylic acids is 2. The van der Waals surface area contributed by atoms with Gasteiger partial charge in [0, 0.05) is 12.6 Å². The Morgan fingerprint density at radius 3 is 2.65 bits per heavy atom. The van der Waals surface area contributed by atoms with Crippen LogP contribution in [0.15, 0.2) is 11.1 Å². The first-order chi connectivity index (χ1) is 14.9. The molecule has 168 valence electrons. The van der Waals surface area contributed by atoms with Crippen molar-refractivity contribution < 1.29 is 14.5 Å². The van der Waals surface area contributed by atoms with Crippen LogP contribution in [-0.2, 0) is 11.3 Å². The lowest BCUT2D eigenvalue weighted by molar-refractivity contribution is -0.902. The highest BCUT2D eigenvalue weighted by molar-refractivity contribution is 7.20. The number of likely N-dealkylation sites (N-methyl/N-ethyl adjacent to an activating group) is 1. The van der Waals surface area contributed by atoms with Crippen molar-refractivity contribution in [2.24, 2.45) is 0 Å².